The van der Waals surface area contributed by atoms with E-state index in [1.807, 2.05) is 36.2 Å². The fourth-order valence-electron chi connectivity index (χ4n) is 3.14. The molecule has 0 N–H and O–H groups in total. The average molecular weight is 328 g/mol. The van der Waals surface area contributed by atoms with E-state index in [-0.39, 0.29) is 11.9 Å². The first kappa shape index (κ1) is 16.5. The molecule has 2 heterocycles. The van der Waals surface area contributed by atoms with Gasteiger partial charge in [-0.25, -0.2) is 4.68 Å². The minimum Gasteiger partial charge on any atom is -0.494 e. The van der Waals surface area contributed by atoms with Crippen LogP contribution in [0.15, 0.2) is 30.5 Å². The van der Waals surface area contributed by atoms with E-state index >= 15 is 0 Å². The highest BCUT2D eigenvalue weighted by molar-refractivity contribution is 5.92. The van der Waals surface area contributed by atoms with Crippen LogP contribution in [0.25, 0.3) is 5.69 Å². The minimum atomic E-state index is -0.0130. The van der Waals surface area contributed by atoms with Crippen molar-refractivity contribution in [3.05, 3.63) is 41.7 Å². The second-order valence-electron chi connectivity index (χ2n) is 6.43. The van der Waals surface area contributed by atoms with Crippen molar-refractivity contribution in [3.63, 3.8) is 0 Å². The smallest absolute Gasteiger partial charge is 0.274 e. The maximum Gasteiger partial charge on any atom is 0.274 e. The Morgan fingerprint density at radius 1 is 1.29 bits per heavy atom. The van der Waals surface area contributed by atoms with Crippen LogP contribution in [0, 0.1) is 6.92 Å². The lowest BCUT2D eigenvalue weighted by Crippen LogP contribution is -2.52. The van der Waals surface area contributed by atoms with Crippen molar-refractivity contribution in [1.82, 2.24) is 19.6 Å². The molecule has 3 rings (SSSR count). The Bertz CT molecular complexity index is 740. The van der Waals surface area contributed by atoms with Gasteiger partial charge in [0.1, 0.15) is 11.4 Å². The summed E-state index contributed by atoms with van der Waals surface area (Å²) >= 11 is 0. The Balaban J connectivity index is 1.86. The molecule has 1 aliphatic heterocycles. The number of ether oxygens (including phenoxy) is 1. The second-order valence-corrected chi connectivity index (χ2v) is 6.43. The highest BCUT2D eigenvalue weighted by atomic mass is 16.5. The normalized spacial score (nSPS) is 18.7. The summed E-state index contributed by atoms with van der Waals surface area (Å²) in [5.74, 6) is 0.719. The number of nitrogens with zero attached hydrogens (tertiary/aromatic N) is 4. The molecule has 128 valence electrons. The third kappa shape index (κ3) is 3.14. The van der Waals surface area contributed by atoms with Gasteiger partial charge < -0.3 is 14.5 Å². The molecule has 0 saturated carbocycles. The molecule has 1 fully saturated rings. The molecular weight excluding hydrogens is 304 g/mol. The average Bonchev–Trinajstić information content (AvgIpc) is 3.04. The van der Waals surface area contributed by atoms with Gasteiger partial charge in [-0.05, 0) is 44.7 Å². The highest BCUT2D eigenvalue weighted by Gasteiger charge is 2.28. The number of likely N-dealkylation sites (N-methyl/N-ethyl adjacent to an activating group) is 1. The van der Waals surface area contributed by atoms with Crippen LogP contribution >= 0.6 is 0 Å². The number of rotatable bonds is 3. The molecule has 0 aliphatic carbocycles. The fourth-order valence-corrected chi connectivity index (χ4v) is 3.14. The third-order valence-electron chi connectivity index (χ3n) is 4.48. The van der Waals surface area contributed by atoms with Crippen molar-refractivity contribution in [2.45, 2.75) is 19.9 Å². The van der Waals surface area contributed by atoms with Gasteiger partial charge in [0, 0.05) is 31.9 Å². The van der Waals surface area contributed by atoms with Crippen LogP contribution in [-0.4, -0.2) is 65.3 Å². The molecule has 24 heavy (non-hydrogen) atoms. The van der Waals surface area contributed by atoms with Gasteiger partial charge in [-0.1, -0.05) is 6.07 Å². The van der Waals surface area contributed by atoms with E-state index in [1.54, 1.807) is 17.9 Å². The van der Waals surface area contributed by atoms with Crippen LogP contribution in [0.4, 0.5) is 0 Å². The lowest BCUT2D eigenvalue weighted by molar-refractivity contribution is 0.0527. The second kappa shape index (κ2) is 6.65. The zero-order valence-electron chi connectivity index (χ0n) is 14.7. The lowest BCUT2D eigenvalue weighted by atomic mass is 10.2. The summed E-state index contributed by atoms with van der Waals surface area (Å²) in [5.41, 5.74) is 2.42. The molecule has 0 unspecified atom stereocenters. The molecule has 2 aromatic rings. The maximum atomic E-state index is 12.8. The maximum absolute atomic E-state index is 12.8. The van der Waals surface area contributed by atoms with Crippen molar-refractivity contribution in [2.24, 2.45) is 0 Å². The molecule has 1 aliphatic rings. The van der Waals surface area contributed by atoms with E-state index in [1.165, 1.54) is 0 Å². The Morgan fingerprint density at radius 3 is 2.79 bits per heavy atom. The van der Waals surface area contributed by atoms with Gasteiger partial charge in [-0.2, -0.15) is 5.10 Å². The van der Waals surface area contributed by atoms with E-state index < -0.39 is 0 Å². The summed E-state index contributed by atoms with van der Waals surface area (Å²) in [4.78, 5) is 16.9. The Hall–Kier alpha value is -2.34. The Morgan fingerprint density at radius 2 is 2.08 bits per heavy atom. The van der Waals surface area contributed by atoms with Crippen molar-refractivity contribution in [1.29, 1.82) is 0 Å². The molecule has 6 heteroatoms. The summed E-state index contributed by atoms with van der Waals surface area (Å²) in [5, 5.41) is 4.49. The summed E-state index contributed by atoms with van der Waals surface area (Å²) in [6.45, 7) is 6.61. The number of carbonyl (C=O) groups excluding carboxylic acids is 1. The van der Waals surface area contributed by atoms with Gasteiger partial charge in [0.2, 0.25) is 0 Å². The number of carbonyl (C=O) groups is 1. The van der Waals surface area contributed by atoms with E-state index in [4.69, 9.17) is 4.74 Å². The number of hydrogen-bond donors (Lipinski definition) is 0. The quantitative estimate of drug-likeness (QED) is 0.864. The van der Waals surface area contributed by atoms with Gasteiger partial charge in [0.05, 0.1) is 7.11 Å². The fraction of sp³-hybridized carbons (Fsp3) is 0.444. The SMILES string of the molecule is COc1ccc(C)cc1-n1ccc(C(=O)N2CCN(C)C[C@H]2C)n1. The van der Waals surface area contributed by atoms with E-state index in [9.17, 15) is 4.79 Å². The van der Waals surface area contributed by atoms with Crippen molar-refractivity contribution in [3.8, 4) is 11.4 Å². The standard InChI is InChI=1S/C18H24N4O2/c1-13-5-6-17(24-4)16(11-13)22-8-7-15(19-22)18(23)21-10-9-20(3)12-14(21)2/h5-8,11,14H,9-10,12H2,1-4H3/t14-/m1/s1. The molecule has 0 radical (unpaired) electrons. The topological polar surface area (TPSA) is 50.6 Å². The molecule has 0 spiro atoms. The summed E-state index contributed by atoms with van der Waals surface area (Å²) in [6, 6.07) is 7.86. The van der Waals surface area contributed by atoms with Gasteiger partial charge in [0.25, 0.3) is 5.91 Å². The zero-order chi connectivity index (χ0) is 17.3. The first-order valence-electron chi connectivity index (χ1n) is 8.20. The van der Waals surface area contributed by atoms with Gasteiger partial charge in [-0.3, -0.25) is 4.79 Å². The predicted octanol–water partition coefficient (Wildman–Crippen LogP) is 1.97. The molecule has 1 amide bonds. The van der Waals surface area contributed by atoms with E-state index in [0.717, 1.165) is 36.6 Å². The van der Waals surface area contributed by atoms with Crippen molar-refractivity contribution in [2.75, 3.05) is 33.8 Å². The van der Waals surface area contributed by atoms with Gasteiger partial charge in [-0.15, -0.1) is 0 Å². The largest absolute Gasteiger partial charge is 0.494 e. The summed E-state index contributed by atoms with van der Waals surface area (Å²) in [6.07, 6.45) is 1.81. The number of aryl methyl sites for hydroxylation is 1. The Kier molecular flexibility index (Phi) is 4.57. The monoisotopic (exact) mass is 328 g/mol. The van der Waals surface area contributed by atoms with Gasteiger partial charge >= 0.3 is 0 Å². The van der Waals surface area contributed by atoms with Gasteiger partial charge in [0.15, 0.2) is 5.69 Å². The van der Waals surface area contributed by atoms with Crippen LogP contribution in [0.3, 0.4) is 0 Å². The molecule has 1 atom stereocenters. The molecule has 1 aromatic carbocycles. The summed E-state index contributed by atoms with van der Waals surface area (Å²) in [7, 11) is 3.71. The molecule has 6 nitrogen and oxygen atoms in total. The number of piperazine rings is 1. The predicted molar refractivity (Wildman–Crippen MR) is 92.8 cm³/mol. The Labute approximate surface area is 142 Å². The lowest BCUT2D eigenvalue weighted by Gasteiger charge is -2.37. The van der Waals surface area contributed by atoms with Crippen molar-refractivity contribution >= 4 is 5.91 Å². The van der Waals surface area contributed by atoms with Crippen LogP contribution in [-0.2, 0) is 0 Å². The van der Waals surface area contributed by atoms with Crippen LogP contribution in [0.1, 0.15) is 23.0 Å². The van der Waals surface area contributed by atoms with E-state index in [0.29, 0.717) is 5.69 Å². The number of amides is 1. The first-order valence-corrected chi connectivity index (χ1v) is 8.20. The van der Waals surface area contributed by atoms with Crippen molar-refractivity contribution < 1.29 is 9.53 Å². The summed E-state index contributed by atoms with van der Waals surface area (Å²) < 4.78 is 7.12. The number of aromatic nitrogens is 2. The molecule has 1 saturated heterocycles. The number of hydrogen-bond acceptors (Lipinski definition) is 4. The van der Waals surface area contributed by atoms with Crippen LogP contribution in [0.5, 0.6) is 5.75 Å². The molecule has 1 aromatic heterocycles. The first-order chi connectivity index (χ1) is 11.5. The van der Waals surface area contributed by atoms with E-state index in [2.05, 4.69) is 24.0 Å². The van der Waals surface area contributed by atoms with Crippen LogP contribution in [0.2, 0.25) is 0 Å². The highest BCUT2D eigenvalue weighted by Crippen LogP contribution is 2.24. The minimum absolute atomic E-state index is 0.0130. The molecular formula is C18H24N4O2. The number of benzene rings is 1. The number of methoxy groups -OCH3 is 1. The molecule has 0 bridgehead atoms. The zero-order valence-corrected chi connectivity index (χ0v) is 14.7. The third-order valence-corrected chi connectivity index (χ3v) is 4.48. The van der Waals surface area contributed by atoms with Crippen LogP contribution < -0.4 is 4.74 Å².